The van der Waals surface area contributed by atoms with Crippen LogP contribution in [0.3, 0.4) is 0 Å². The Balaban J connectivity index is 1.99. The first kappa shape index (κ1) is 15.3. The Kier molecular flexibility index (Phi) is 4.48. The number of ether oxygens (including phenoxy) is 1. The molecule has 2 aromatic rings. The first-order valence-electron chi connectivity index (χ1n) is 6.90. The molecule has 0 unspecified atom stereocenters. The Bertz CT molecular complexity index is 626. The van der Waals surface area contributed by atoms with Gasteiger partial charge in [-0.15, -0.1) is 0 Å². The van der Waals surface area contributed by atoms with Crippen LogP contribution in [0.4, 0.5) is 10.1 Å². The van der Waals surface area contributed by atoms with Crippen molar-refractivity contribution in [2.75, 3.05) is 27.2 Å². The molecule has 4 heteroatoms. The molecule has 0 spiro atoms. The maximum absolute atomic E-state index is 13.7. The quantitative estimate of drug-likeness (QED) is 0.854. The average molecular weight is 290 g/mol. The number of halogens is 1. The Labute approximate surface area is 124 Å². The predicted molar refractivity (Wildman–Crippen MR) is 83.2 cm³/mol. The van der Waals surface area contributed by atoms with Crippen LogP contribution in [0.15, 0.2) is 42.5 Å². The number of quaternary nitrogens is 1. The molecule has 2 rings (SSSR count). The van der Waals surface area contributed by atoms with Crippen LogP contribution in [0.25, 0.3) is 0 Å². The molecular formula is C17H21FNO2+. The van der Waals surface area contributed by atoms with Crippen molar-refractivity contribution in [2.24, 2.45) is 0 Å². The molecule has 0 fully saturated rings. The second kappa shape index (κ2) is 6.14. The van der Waals surface area contributed by atoms with Gasteiger partial charge in [-0.2, -0.15) is 0 Å². The minimum absolute atomic E-state index is 0.240. The molecule has 0 saturated carbocycles. The van der Waals surface area contributed by atoms with Gasteiger partial charge >= 0.3 is 0 Å². The number of phenolic OH excluding ortho intramolecular Hbond substituents is 1. The number of aromatic hydroxyl groups is 1. The minimum Gasteiger partial charge on any atom is -0.508 e. The third-order valence-corrected chi connectivity index (χ3v) is 3.52. The van der Waals surface area contributed by atoms with E-state index in [1.54, 1.807) is 18.2 Å². The van der Waals surface area contributed by atoms with E-state index in [4.69, 9.17) is 4.74 Å². The van der Waals surface area contributed by atoms with Crippen molar-refractivity contribution in [3.8, 4) is 11.5 Å². The van der Waals surface area contributed by atoms with E-state index in [0.717, 1.165) is 11.3 Å². The van der Waals surface area contributed by atoms with Gasteiger partial charge in [0.05, 0.1) is 14.1 Å². The van der Waals surface area contributed by atoms with Crippen molar-refractivity contribution in [3.05, 3.63) is 53.8 Å². The lowest BCUT2D eigenvalue weighted by molar-refractivity contribution is 0.251. The van der Waals surface area contributed by atoms with E-state index in [-0.39, 0.29) is 17.3 Å². The molecule has 112 valence electrons. The molecule has 3 nitrogen and oxygen atoms in total. The molecule has 0 bridgehead atoms. The highest BCUT2D eigenvalue weighted by Gasteiger charge is 2.19. The number of aryl methyl sites for hydroxylation is 1. The van der Waals surface area contributed by atoms with Crippen LogP contribution >= 0.6 is 0 Å². The fraction of sp³-hybridized carbons (Fsp3) is 0.294. The number of likely N-dealkylation sites (N-methyl/N-ethyl adjacent to an activating group) is 1. The molecule has 0 aliphatic heterocycles. The molecule has 2 aromatic carbocycles. The fourth-order valence-electron chi connectivity index (χ4n) is 2.11. The van der Waals surface area contributed by atoms with Crippen molar-refractivity contribution in [2.45, 2.75) is 6.92 Å². The Morgan fingerprint density at radius 3 is 2.57 bits per heavy atom. The first-order valence-corrected chi connectivity index (χ1v) is 6.90. The zero-order valence-electron chi connectivity index (χ0n) is 12.6. The summed E-state index contributed by atoms with van der Waals surface area (Å²) in [5.74, 6) is 0.179. The highest BCUT2D eigenvalue weighted by atomic mass is 19.1. The minimum atomic E-state index is -0.335. The number of phenols is 1. The molecule has 0 saturated heterocycles. The van der Waals surface area contributed by atoms with Gasteiger partial charge < -0.3 is 9.84 Å². The highest BCUT2D eigenvalue weighted by Crippen LogP contribution is 2.23. The van der Waals surface area contributed by atoms with Gasteiger partial charge in [0.15, 0.2) is 11.6 Å². The fourth-order valence-corrected chi connectivity index (χ4v) is 2.11. The maximum atomic E-state index is 13.7. The van der Waals surface area contributed by atoms with E-state index in [2.05, 4.69) is 0 Å². The van der Waals surface area contributed by atoms with Crippen LogP contribution in [-0.4, -0.2) is 32.4 Å². The summed E-state index contributed by atoms with van der Waals surface area (Å²) < 4.78 is 19.8. The second-order valence-electron chi connectivity index (χ2n) is 5.71. The summed E-state index contributed by atoms with van der Waals surface area (Å²) in [6, 6.07) is 12.1. The van der Waals surface area contributed by atoms with Crippen LogP contribution in [0.2, 0.25) is 0 Å². The highest BCUT2D eigenvalue weighted by molar-refractivity contribution is 5.46. The Morgan fingerprint density at radius 1 is 1.14 bits per heavy atom. The number of rotatable bonds is 5. The van der Waals surface area contributed by atoms with E-state index in [1.807, 2.05) is 39.2 Å². The number of hydrogen-bond donors (Lipinski definition) is 1. The molecule has 0 amide bonds. The van der Waals surface area contributed by atoms with Gasteiger partial charge in [0.2, 0.25) is 0 Å². The molecule has 21 heavy (non-hydrogen) atoms. The van der Waals surface area contributed by atoms with Crippen LogP contribution in [-0.2, 0) is 0 Å². The first-order chi connectivity index (χ1) is 9.88. The van der Waals surface area contributed by atoms with Crippen molar-refractivity contribution < 1.29 is 14.2 Å². The molecular weight excluding hydrogens is 269 g/mol. The van der Waals surface area contributed by atoms with E-state index < -0.39 is 0 Å². The molecule has 0 aliphatic rings. The van der Waals surface area contributed by atoms with Gasteiger partial charge in [0.1, 0.15) is 24.6 Å². The Morgan fingerprint density at radius 2 is 1.90 bits per heavy atom. The van der Waals surface area contributed by atoms with Crippen molar-refractivity contribution >= 4 is 5.69 Å². The third-order valence-electron chi connectivity index (χ3n) is 3.52. The smallest absolute Gasteiger partial charge is 0.165 e. The van der Waals surface area contributed by atoms with Gasteiger partial charge in [-0.25, -0.2) is 4.39 Å². The zero-order chi connectivity index (χ0) is 15.5. The summed E-state index contributed by atoms with van der Waals surface area (Å²) in [7, 11) is 4.03. The number of hydrogen-bond acceptors (Lipinski definition) is 2. The van der Waals surface area contributed by atoms with E-state index in [0.29, 0.717) is 17.6 Å². The van der Waals surface area contributed by atoms with Gasteiger partial charge in [-0.05, 0) is 36.8 Å². The van der Waals surface area contributed by atoms with Crippen LogP contribution < -0.4 is 9.22 Å². The van der Waals surface area contributed by atoms with Crippen molar-refractivity contribution in [3.63, 3.8) is 0 Å². The summed E-state index contributed by atoms with van der Waals surface area (Å²) in [5.41, 5.74) is 1.85. The van der Waals surface area contributed by atoms with E-state index in [9.17, 15) is 9.50 Å². The van der Waals surface area contributed by atoms with Crippen LogP contribution in [0.1, 0.15) is 5.56 Å². The topological polar surface area (TPSA) is 29.5 Å². The zero-order valence-corrected chi connectivity index (χ0v) is 12.6. The summed E-state index contributed by atoms with van der Waals surface area (Å²) in [6.07, 6.45) is 0. The predicted octanol–water partition coefficient (Wildman–Crippen LogP) is 3.49. The van der Waals surface area contributed by atoms with Gasteiger partial charge in [0.25, 0.3) is 0 Å². The summed E-state index contributed by atoms with van der Waals surface area (Å²) in [6.45, 7) is 2.90. The second-order valence-corrected chi connectivity index (χ2v) is 5.71. The molecule has 0 atom stereocenters. The molecule has 1 N–H and O–H groups in total. The summed E-state index contributed by atoms with van der Waals surface area (Å²) in [4.78, 5) is 0. The van der Waals surface area contributed by atoms with E-state index in [1.165, 1.54) is 6.07 Å². The normalized spacial score (nSPS) is 11.4. The standard InChI is InChI=1S/C17H20FNO2/c1-13-7-8-17(16(18)11-13)21-10-9-19(2,3)14-5-4-6-15(20)12-14/h4-8,11-12H,9-10H2,1-3H3/p+1. The van der Waals surface area contributed by atoms with E-state index >= 15 is 0 Å². The largest absolute Gasteiger partial charge is 0.508 e. The van der Waals surface area contributed by atoms with Crippen molar-refractivity contribution in [1.82, 2.24) is 4.48 Å². The summed E-state index contributed by atoms with van der Waals surface area (Å²) in [5, 5.41) is 9.55. The Hall–Kier alpha value is -2.07. The van der Waals surface area contributed by atoms with Crippen LogP contribution in [0, 0.1) is 12.7 Å². The van der Waals surface area contributed by atoms with Gasteiger partial charge in [-0.3, -0.25) is 4.48 Å². The molecule has 0 aliphatic carbocycles. The van der Waals surface area contributed by atoms with Gasteiger partial charge in [-0.1, -0.05) is 12.1 Å². The molecule has 0 radical (unpaired) electrons. The SMILES string of the molecule is Cc1ccc(OCC[N+](C)(C)c2cccc(O)c2)c(F)c1. The molecule has 0 aromatic heterocycles. The van der Waals surface area contributed by atoms with Crippen molar-refractivity contribution in [1.29, 1.82) is 0 Å². The number of benzene rings is 2. The maximum Gasteiger partial charge on any atom is 0.165 e. The van der Waals surface area contributed by atoms with Gasteiger partial charge in [0, 0.05) is 6.07 Å². The third kappa shape index (κ3) is 3.95. The molecule has 0 heterocycles. The lowest BCUT2D eigenvalue weighted by atomic mass is 10.2. The lowest BCUT2D eigenvalue weighted by Crippen LogP contribution is -2.43. The average Bonchev–Trinajstić information content (AvgIpc) is 2.41. The monoisotopic (exact) mass is 290 g/mol. The summed E-state index contributed by atoms with van der Waals surface area (Å²) >= 11 is 0. The lowest BCUT2D eigenvalue weighted by Gasteiger charge is -2.29. The van der Waals surface area contributed by atoms with Crippen LogP contribution in [0.5, 0.6) is 11.5 Å². The number of nitrogens with zero attached hydrogens (tertiary/aromatic N) is 1.